The lowest BCUT2D eigenvalue weighted by atomic mass is 9.64. The van der Waals surface area contributed by atoms with Crippen LogP contribution in [0.3, 0.4) is 0 Å². The minimum Gasteiger partial charge on any atom is -0.247 e. The number of hydrogen-bond donors (Lipinski definition) is 0. The van der Waals surface area contributed by atoms with Crippen LogP contribution in [0.5, 0.6) is 0 Å². The largest absolute Gasteiger partial charge is 0.247 e. The van der Waals surface area contributed by atoms with Crippen molar-refractivity contribution in [3.8, 4) is 0 Å². The summed E-state index contributed by atoms with van der Waals surface area (Å²) in [5.41, 5.74) is 0. The highest BCUT2D eigenvalue weighted by Crippen LogP contribution is 2.47. The molecule has 0 aromatic heterocycles. The second-order valence-electron chi connectivity index (χ2n) is 9.89. The van der Waals surface area contributed by atoms with Gasteiger partial charge in [-0.2, -0.15) is 0 Å². The van der Waals surface area contributed by atoms with Crippen LogP contribution in [-0.4, -0.2) is 6.17 Å². The third-order valence-electron chi connectivity index (χ3n) is 8.31. The van der Waals surface area contributed by atoms with Gasteiger partial charge in [0.1, 0.15) is 6.17 Å². The maximum Gasteiger partial charge on any atom is 0.103 e. The summed E-state index contributed by atoms with van der Waals surface area (Å²) >= 11 is 0. The van der Waals surface area contributed by atoms with Crippen LogP contribution in [0.1, 0.15) is 110 Å². The molecule has 0 bridgehead atoms. The van der Waals surface area contributed by atoms with Gasteiger partial charge in [0, 0.05) is 0 Å². The van der Waals surface area contributed by atoms with E-state index in [1.54, 1.807) is 0 Å². The predicted octanol–water partition coefficient (Wildman–Crippen LogP) is 7.95. The molecule has 0 N–H and O–H groups in total. The van der Waals surface area contributed by atoms with Gasteiger partial charge in [-0.05, 0) is 80.5 Å². The second kappa shape index (κ2) is 9.75. The minimum atomic E-state index is -0.486. The molecule has 0 heterocycles. The lowest BCUT2D eigenvalue weighted by molar-refractivity contribution is 0.0326. The molecule has 3 aliphatic carbocycles. The van der Waals surface area contributed by atoms with Crippen molar-refractivity contribution >= 4 is 0 Å². The van der Waals surface area contributed by atoms with Gasteiger partial charge in [0.15, 0.2) is 0 Å². The number of hydrogen-bond acceptors (Lipinski definition) is 0. The van der Waals surface area contributed by atoms with E-state index < -0.39 is 6.17 Å². The highest BCUT2D eigenvalue weighted by Gasteiger charge is 2.39. The molecule has 0 saturated heterocycles. The van der Waals surface area contributed by atoms with Gasteiger partial charge in [0.2, 0.25) is 0 Å². The van der Waals surface area contributed by atoms with E-state index in [0.29, 0.717) is 17.8 Å². The van der Waals surface area contributed by atoms with Crippen LogP contribution in [0, 0.1) is 35.5 Å². The van der Waals surface area contributed by atoms with E-state index in [9.17, 15) is 0 Å². The van der Waals surface area contributed by atoms with Gasteiger partial charge in [-0.25, -0.2) is 4.39 Å². The van der Waals surface area contributed by atoms with E-state index in [-0.39, 0.29) is 0 Å². The van der Waals surface area contributed by atoms with Crippen molar-refractivity contribution in [1.29, 1.82) is 0 Å². The van der Waals surface area contributed by atoms with E-state index in [1.165, 1.54) is 89.9 Å². The van der Waals surface area contributed by atoms with Crippen molar-refractivity contribution in [2.45, 2.75) is 116 Å². The topological polar surface area (TPSA) is 0 Å². The van der Waals surface area contributed by atoms with Crippen molar-refractivity contribution in [2.24, 2.45) is 35.5 Å². The SMILES string of the molecule is CCCC1CCC(C2CCC(C3CCC(CCC)CC3)C(F)C2)CC1. The fourth-order valence-electron chi connectivity index (χ4n) is 6.80. The van der Waals surface area contributed by atoms with Gasteiger partial charge in [-0.3, -0.25) is 0 Å². The van der Waals surface area contributed by atoms with Crippen LogP contribution >= 0.6 is 0 Å². The van der Waals surface area contributed by atoms with Crippen molar-refractivity contribution in [3.63, 3.8) is 0 Å². The Hall–Kier alpha value is -0.0700. The standard InChI is InChI=1S/C24H43F/c1-3-5-18-7-11-20(12-8-18)22-15-16-23(24(25)17-22)21-13-9-19(6-4-2)10-14-21/h18-24H,3-17H2,1-2H3. The van der Waals surface area contributed by atoms with Crippen molar-refractivity contribution < 1.29 is 4.39 Å². The normalized spacial score (nSPS) is 43.1. The highest BCUT2D eigenvalue weighted by molar-refractivity contribution is 4.90. The Morgan fingerprint density at radius 2 is 1.08 bits per heavy atom. The van der Waals surface area contributed by atoms with Crippen LogP contribution in [0.25, 0.3) is 0 Å². The first kappa shape index (κ1) is 19.7. The molecule has 3 unspecified atom stereocenters. The van der Waals surface area contributed by atoms with Gasteiger partial charge >= 0.3 is 0 Å². The molecular weight excluding hydrogens is 307 g/mol. The maximum atomic E-state index is 15.1. The molecule has 0 amide bonds. The second-order valence-corrected chi connectivity index (χ2v) is 9.89. The molecular formula is C24H43F. The van der Waals surface area contributed by atoms with Crippen LogP contribution in [0.4, 0.5) is 4.39 Å². The van der Waals surface area contributed by atoms with Crippen LogP contribution in [0.2, 0.25) is 0 Å². The number of alkyl halides is 1. The van der Waals surface area contributed by atoms with Crippen LogP contribution in [-0.2, 0) is 0 Å². The molecule has 0 spiro atoms. The molecule has 146 valence electrons. The lowest BCUT2D eigenvalue weighted by Gasteiger charge is -2.43. The van der Waals surface area contributed by atoms with Gasteiger partial charge in [0.05, 0.1) is 0 Å². The molecule has 25 heavy (non-hydrogen) atoms. The Labute approximate surface area is 156 Å². The minimum absolute atomic E-state index is 0.412. The Balaban J connectivity index is 1.42. The lowest BCUT2D eigenvalue weighted by Crippen LogP contribution is -2.36. The predicted molar refractivity (Wildman–Crippen MR) is 106 cm³/mol. The summed E-state index contributed by atoms with van der Waals surface area (Å²) in [6, 6.07) is 0. The average molecular weight is 351 g/mol. The third kappa shape index (κ3) is 5.23. The molecule has 3 rings (SSSR count). The summed E-state index contributed by atoms with van der Waals surface area (Å²) in [5, 5.41) is 0. The molecule has 3 fully saturated rings. The van der Waals surface area contributed by atoms with E-state index in [0.717, 1.165) is 24.2 Å². The summed E-state index contributed by atoms with van der Waals surface area (Å²) in [7, 11) is 0. The summed E-state index contributed by atoms with van der Waals surface area (Å²) in [6.07, 6.45) is 19.5. The number of halogens is 1. The van der Waals surface area contributed by atoms with Gasteiger partial charge in [0.25, 0.3) is 0 Å². The summed E-state index contributed by atoms with van der Waals surface area (Å²) in [5.74, 6) is 4.63. The van der Waals surface area contributed by atoms with Crippen molar-refractivity contribution in [3.05, 3.63) is 0 Å². The Kier molecular flexibility index (Phi) is 7.67. The van der Waals surface area contributed by atoms with Crippen molar-refractivity contribution in [1.82, 2.24) is 0 Å². The Morgan fingerprint density at radius 3 is 1.56 bits per heavy atom. The monoisotopic (exact) mass is 350 g/mol. The van der Waals surface area contributed by atoms with Gasteiger partial charge in [-0.15, -0.1) is 0 Å². The van der Waals surface area contributed by atoms with Gasteiger partial charge < -0.3 is 0 Å². The zero-order chi connectivity index (χ0) is 17.6. The van der Waals surface area contributed by atoms with Crippen LogP contribution < -0.4 is 0 Å². The van der Waals surface area contributed by atoms with E-state index >= 15 is 4.39 Å². The molecule has 0 nitrogen and oxygen atoms in total. The molecule has 0 radical (unpaired) electrons. The molecule has 3 aliphatic rings. The zero-order valence-corrected chi connectivity index (χ0v) is 17.0. The third-order valence-corrected chi connectivity index (χ3v) is 8.31. The summed E-state index contributed by atoms with van der Waals surface area (Å²) < 4.78 is 15.1. The van der Waals surface area contributed by atoms with Crippen molar-refractivity contribution in [2.75, 3.05) is 0 Å². The highest BCUT2D eigenvalue weighted by atomic mass is 19.1. The fraction of sp³-hybridized carbons (Fsp3) is 1.00. The Morgan fingerprint density at radius 1 is 0.600 bits per heavy atom. The van der Waals surface area contributed by atoms with E-state index in [2.05, 4.69) is 13.8 Å². The molecule has 3 atom stereocenters. The molecule has 0 aromatic rings. The summed E-state index contributed by atoms with van der Waals surface area (Å²) in [6.45, 7) is 4.62. The Bertz CT molecular complexity index is 362. The first-order valence-corrected chi connectivity index (χ1v) is 11.8. The van der Waals surface area contributed by atoms with Crippen LogP contribution in [0.15, 0.2) is 0 Å². The van der Waals surface area contributed by atoms with E-state index in [1.807, 2.05) is 0 Å². The molecule has 1 heteroatoms. The first-order valence-electron chi connectivity index (χ1n) is 11.8. The van der Waals surface area contributed by atoms with Gasteiger partial charge in [-0.1, -0.05) is 65.2 Å². The average Bonchev–Trinajstić information content (AvgIpc) is 2.64. The van der Waals surface area contributed by atoms with E-state index in [4.69, 9.17) is 0 Å². The smallest absolute Gasteiger partial charge is 0.103 e. The fourth-order valence-corrected chi connectivity index (χ4v) is 6.80. The molecule has 0 aliphatic heterocycles. The summed E-state index contributed by atoms with van der Waals surface area (Å²) in [4.78, 5) is 0. The molecule has 0 aromatic carbocycles. The zero-order valence-electron chi connectivity index (χ0n) is 17.0. The molecule has 3 saturated carbocycles. The maximum absolute atomic E-state index is 15.1. The number of rotatable bonds is 6. The first-order chi connectivity index (χ1) is 12.2. The quantitative estimate of drug-likeness (QED) is 0.456.